The molecule has 0 aliphatic heterocycles. The van der Waals surface area contributed by atoms with E-state index < -0.39 is 0 Å². The summed E-state index contributed by atoms with van der Waals surface area (Å²) in [4.78, 5) is 0. The summed E-state index contributed by atoms with van der Waals surface area (Å²) in [6.45, 7) is 4.35. The molecule has 0 fully saturated rings. The van der Waals surface area contributed by atoms with Gasteiger partial charge in [-0.05, 0) is 40.8 Å². The van der Waals surface area contributed by atoms with Crippen molar-refractivity contribution in [3.63, 3.8) is 0 Å². The molecule has 0 saturated heterocycles. The second-order valence-corrected chi connectivity index (χ2v) is 3.61. The lowest BCUT2D eigenvalue weighted by Crippen LogP contribution is -1.83. The van der Waals surface area contributed by atoms with Crippen LogP contribution in [-0.2, 0) is 12.8 Å². The minimum atomic E-state index is 1.06. The van der Waals surface area contributed by atoms with Crippen molar-refractivity contribution >= 4 is 10.8 Å². The predicted molar refractivity (Wildman–Crippen MR) is 61.5 cm³/mol. The van der Waals surface area contributed by atoms with E-state index in [1.807, 2.05) is 0 Å². The molecule has 0 unspecified atom stereocenters. The van der Waals surface area contributed by atoms with Gasteiger partial charge in [0.1, 0.15) is 0 Å². The first-order chi connectivity index (χ1) is 6.83. The minimum Gasteiger partial charge on any atom is -0.0613 e. The molecule has 71 valence electrons. The van der Waals surface area contributed by atoms with Crippen LogP contribution >= 0.6 is 0 Å². The smallest absolute Gasteiger partial charge is 0.00644 e. The Morgan fingerprint density at radius 3 is 2.57 bits per heavy atom. The van der Waals surface area contributed by atoms with Crippen molar-refractivity contribution in [1.29, 1.82) is 0 Å². The van der Waals surface area contributed by atoms with Gasteiger partial charge in [0.05, 0.1) is 0 Å². The zero-order valence-corrected chi connectivity index (χ0v) is 8.80. The molecule has 2 rings (SSSR count). The normalized spacial score (nSPS) is 10.7. The quantitative estimate of drug-likeness (QED) is 0.665. The number of rotatable bonds is 2. The van der Waals surface area contributed by atoms with Crippen LogP contribution in [-0.4, -0.2) is 0 Å². The van der Waals surface area contributed by atoms with Gasteiger partial charge in [0, 0.05) is 0 Å². The molecule has 0 aliphatic carbocycles. The Morgan fingerprint density at radius 1 is 1.00 bits per heavy atom. The van der Waals surface area contributed by atoms with Crippen molar-refractivity contribution in [2.75, 3.05) is 0 Å². The summed E-state index contributed by atoms with van der Waals surface area (Å²) < 4.78 is 0. The van der Waals surface area contributed by atoms with Crippen LogP contribution in [0.4, 0.5) is 0 Å². The van der Waals surface area contributed by atoms with E-state index in [0.717, 1.165) is 12.8 Å². The highest BCUT2D eigenvalue weighted by molar-refractivity contribution is 5.83. The van der Waals surface area contributed by atoms with Crippen molar-refractivity contribution in [2.24, 2.45) is 0 Å². The predicted octanol–water partition coefficient (Wildman–Crippen LogP) is 3.76. The highest BCUT2D eigenvalue weighted by Crippen LogP contribution is 2.17. The number of benzene rings is 2. The number of hydrogen-bond donors (Lipinski definition) is 0. The Bertz CT molecular complexity index is 397. The van der Waals surface area contributed by atoms with Crippen molar-refractivity contribution in [2.45, 2.75) is 26.7 Å². The maximum Gasteiger partial charge on any atom is -0.00644 e. The van der Waals surface area contributed by atoms with E-state index in [-0.39, 0.29) is 0 Å². The van der Waals surface area contributed by atoms with E-state index in [4.69, 9.17) is 0 Å². The summed E-state index contributed by atoms with van der Waals surface area (Å²) in [5.74, 6) is 0. The average Bonchev–Trinajstić information content (AvgIpc) is 2.27. The fourth-order valence-corrected chi connectivity index (χ4v) is 1.70. The summed E-state index contributed by atoms with van der Waals surface area (Å²) in [5, 5.41) is 2.54. The highest BCUT2D eigenvalue weighted by atomic mass is 14.0. The summed E-state index contributed by atoms with van der Waals surface area (Å²) in [6, 6.07) is 14.4. The van der Waals surface area contributed by atoms with Crippen LogP contribution < -0.4 is 0 Å². The highest BCUT2D eigenvalue weighted by Gasteiger charge is 1.96. The van der Waals surface area contributed by atoms with E-state index in [9.17, 15) is 0 Å². The van der Waals surface area contributed by atoms with Gasteiger partial charge < -0.3 is 0 Å². The van der Waals surface area contributed by atoms with Crippen LogP contribution in [0.25, 0.3) is 10.8 Å². The Morgan fingerprint density at radius 2 is 1.86 bits per heavy atom. The van der Waals surface area contributed by atoms with Crippen molar-refractivity contribution in [3.05, 3.63) is 47.5 Å². The van der Waals surface area contributed by atoms with E-state index >= 15 is 0 Å². The van der Waals surface area contributed by atoms with E-state index in [2.05, 4.69) is 50.2 Å². The van der Waals surface area contributed by atoms with Crippen molar-refractivity contribution < 1.29 is 0 Å². The lowest BCUT2D eigenvalue weighted by molar-refractivity contribution is 1.14. The maximum absolute atomic E-state index is 3.43. The topological polar surface area (TPSA) is 0 Å². The molecule has 0 amide bonds. The minimum absolute atomic E-state index is 1.06. The Labute approximate surface area is 85.6 Å². The first-order valence-electron chi connectivity index (χ1n) is 5.27. The molecule has 0 spiro atoms. The van der Waals surface area contributed by atoms with Gasteiger partial charge >= 0.3 is 0 Å². The van der Waals surface area contributed by atoms with E-state index in [0.29, 0.717) is 0 Å². The SMILES string of the molecule is CCc1[c]c2ccc(CC)cc2cc1. The monoisotopic (exact) mass is 183 g/mol. The Hall–Kier alpha value is -1.30. The molecule has 2 aromatic carbocycles. The lowest BCUT2D eigenvalue weighted by Gasteiger charge is -2.02. The first-order valence-corrected chi connectivity index (χ1v) is 5.27. The maximum atomic E-state index is 3.43. The van der Waals surface area contributed by atoms with Crippen LogP contribution in [0.5, 0.6) is 0 Å². The second-order valence-electron chi connectivity index (χ2n) is 3.61. The average molecular weight is 183 g/mol. The van der Waals surface area contributed by atoms with Crippen LogP contribution in [0.15, 0.2) is 30.3 Å². The van der Waals surface area contributed by atoms with E-state index in [1.54, 1.807) is 0 Å². The molecule has 0 N–H and O–H groups in total. The molecule has 0 nitrogen and oxygen atoms in total. The molecule has 0 bridgehead atoms. The molecule has 0 saturated carbocycles. The third-order valence-electron chi connectivity index (χ3n) is 2.66. The summed E-state index contributed by atoms with van der Waals surface area (Å²) in [6.07, 6.45) is 2.16. The van der Waals surface area contributed by atoms with E-state index in [1.165, 1.54) is 21.9 Å². The second kappa shape index (κ2) is 3.83. The summed E-state index contributed by atoms with van der Waals surface area (Å²) in [5.41, 5.74) is 2.69. The number of fused-ring (bicyclic) bond motifs is 1. The fraction of sp³-hybridized carbons (Fsp3) is 0.286. The first kappa shape index (κ1) is 9.26. The molecule has 0 heterocycles. The third-order valence-corrected chi connectivity index (χ3v) is 2.66. The number of aryl methyl sites for hydroxylation is 2. The van der Waals surface area contributed by atoms with Gasteiger partial charge in [0.2, 0.25) is 0 Å². The van der Waals surface area contributed by atoms with Gasteiger partial charge in [-0.2, -0.15) is 0 Å². The van der Waals surface area contributed by atoms with Gasteiger partial charge in [-0.3, -0.25) is 0 Å². The summed E-state index contributed by atoms with van der Waals surface area (Å²) in [7, 11) is 0. The molecular formula is C14H15. The molecule has 0 heteroatoms. The summed E-state index contributed by atoms with van der Waals surface area (Å²) >= 11 is 0. The molecule has 14 heavy (non-hydrogen) atoms. The van der Waals surface area contributed by atoms with Crippen LogP contribution in [0.3, 0.4) is 0 Å². The van der Waals surface area contributed by atoms with Crippen LogP contribution in [0, 0.1) is 6.07 Å². The third kappa shape index (κ3) is 1.65. The Kier molecular flexibility index (Phi) is 2.53. The molecule has 0 aliphatic rings. The van der Waals surface area contributed by atoms with Crippen LogP contribution in [0.1, 0.15) is 25.0 Å². The van der Waals surface area contributed by atoms with Gasteiger partial charge in [-0.15, -0.1) is 0 Å². The van der Waals surface area contributed by atoms with Crippen molar-refractivity contribution in [1.82, 2.24) is 0 Å². The zero-order valence-electron chi connectivity index (χ0n) is 8.80. The molecule has 0 aromatic heterocycles. The molecule has 2 aromatic rings. The Balaban J connectivity index is 2.57. The molecule has 0 atom stereocenters. The fourth-order valence-electron chi connectivity index (χ4n) is 1.70. The van der Waals surface area contributed by atoms with Gasteiger partial charge in [0.25, 0.3) is 0 Å². The van der Waals surface area contributed by atoms with Crippen LogP contribution in [0.2, 0.25) is 0 Å². The zero-order chi connectivity index (χ0) is 9.97. The molecular weight excluding hydrogens is 168 g/mol. The lowest BCUT2D eigenvalue weighted by atomic mass is 10.0. The molecule has 1 radical (unpaired) electrons. The van der Waals surface area contributed by atoms with Crippen molar-refractivity contribution in [3.8, 4) is 0 Å². The largest absolute Gasteiger partial charge is 0.0613 e. The van der Waals surface area contributed by atoms with Gasteiger partial charge in [-0.25, -0.2) is 0 Å². The number of hydrogen-bond acceptors (Lipinski definition) is 0. The van der Waals surface area contributed by atoms with Gasteiger partial charge in [0.15, 0.2) is 0 Å². The standard InChI is InChI=1S/C14H15/c1-3-11-5-7-14-10-12(4-2)6-8-13(14)9-11/h5-9H,3-4H2,1-2H3. The van der Waals surface area contributed by atoms with Gasteiger partial charge in [-0.1, -0.05) is 44.2 Å².